The van der Waals surface area contributed by atoms with Crippen LogP contribution in [0.4, 0.5) is 0 Å². The lowest BCUT2D eigenvalue weighted by molar-refractivity contribution is 0.893. The molecule has 0 radical (unpaired) electrons. The molecule has 0 saturated carbocycles. The van der Waals surface area contributed by atoms with Gasteiger partial charge in [0.2, 0.25) is 11.9 Å². The van der Waals surface area contributed by atoms with Gasteiger partial charge < -0.3 is 9.13 Å². The molecule has 0 amide bonds. The molecule has 0 spiro atoms. The molecule has 5 aromatic heterocycles. The van der Waals surface area contributed by atoms with E-state index >= 15 is 0 Å². The van der Waals surface area contributed by atoms with Gasteiger partial charge in [-0.3, -0.25) is 9.13 Å². The number of para-hydroxylation sites is 6. The molecule has 10 aromatic carbocycles. The quantitative estimate of drug-likeness (QED) is 0.167. The van der Waals surface area contributed by atoms with Crippen LogP contribution in [-0.2, 0) is 0 Å². The predicted octanol–water partition coefficient (Wildman–Crippen LogP) is 15.6. The van der Waals surface area contributed by atoms with Crippen LogP contribution in [0, 0.1) is 0 Å². The van der Waals surface area contributed by atoms with E-state index in [4.69, 9.17) is 15.0 Å². The highest BCUT2D eigenvalue weighted by Crippen LogP contribution is 2.44. The zero-order valence-corrected chi connectivity index (χ0v) is 37.6. The minimum Gasteiger partial charge on any atom is -0.307 e. The summed E-state index contributed by atoms with van der Waals surface area (Å²) in [5, 5.41) is 9.11. The maximum Gasteiger partial charge on any atom is 0.240 e. The van der Waals surface area contributed by atoms with Crippen molar-refractivity contribution in [3.63, 3.8) is 0 Å². The van der Waals surface area contributed by atoms with Crippen molar-refractivity contribution in [3.8, 4) is 45.8 Å². The first-order chi connectivity index (χ1) is 34.8. The second kappa shape index (κ2) is 15.0. The van der Waals surface area contributed by atoms with Gasteiger partial charge in [-0.1, -0.05) is 188 Å². The van der Waals surface area contributed by atoms with Gasteiger partial charge in [0, 0.05) is 60.0 Å². The Hall–Kier alpha value is -9.59. The van der Waals surface area contributed by atoms with E-state index in [1.807, 2.05) is 0 Å². The summed E-state index contributed by atoms with van der Waals surface area (Å²) in [5.74, 6) is 1.61. The highest BCUT2D eigenvalue weighted by Gasteiger charge is 2.27. The first kappa shape index (κ1) is 38.5. The Bertz CT molecular complexity index is 4330. The van der Waals surface area contributed by atoms with Crippen molar-refractivity contribution in [1.29, 1.82) is 0 Å². The molecule has 7 nitrogen and oxygen atoms in total. The van der Waals surface area contributed by atoms with Gasteiger partial charge in [0.05, 0.1) is 44.1 Å². The van der Waals surface area contributed by atoms with Crippen LogP contribution >= 0.6 is 0 Å². The molecule has 0 saturated heterocycles. The number of rotatable bonds is 6. The van der Waals surface area contributed by atoms with Crippen LogP contribution in [0.5, 0.6) is 0 Å². The van der Waals surface area contributed by atoms with Gasteiger partial charge in [-0.25, -0.2) is 0 Å². The largest absolute Gasteiger partial charge is 0.307 e. The van der Waals surface area contributed by atoms with Crippen molar-refractivity contribution in [2.24, 2.45) is 0 Å². The fraction of sp³-hybridized carbons (Fsp3) is 0. The van der Waals surface area contributed by atoms with Crippen molar-refractivity contribution in [2.45, 2.75) is 0 Å². The van der Waals surface area contributed by atoms with Gasteiger partial charge in [-0.15, -0.1) is 0 Å². The molecule has 70 heavy (non-hydrogen) atoms. The van der Waals surface area contributed by atoms with Gasteiger partial charge >= 0.3 is 0 Å². The summed E-state index contributed by atoms with van der Waals surface area (Å²) in [6, 6.07) is 84.2. The van der Waals surface area contributed by atoms with Crippen LogP contribution in [0.2, 0.25) is 0 Å². The fourth-order valence-electron chi connectivity index (χ4n) is 11.3. The third kappa shape index (κ3) is 5.48. The van der Waals surface area contributed by atoms with Gasteiger partial charge in [0.1, 0.15) is 0 Å². The molecule has 7 heteroatoms. The van der Waals surface area contributed by atoms with E-state index in [0.29, 0.717) is 17.7 Å². The summed E-state index contributed by atoms with van der Waals surface area (Å²) in [6.45, 7) is 0. The maximum absolute atomic E-state index is 5.76. The summed E-state index contributed by atoms with van der Waals surface area (Å²) in [7, 11) is 0. The van der Waals surface area contributed by atoms with Gasteiger partial charge in [0.25, 0.3) is 0 Å². The molecule has 0 N–H and O–H groups in total. The first-order valence-corrected chi connectivity index (χ1v) is 23.7. The summed E-state index contributed by atoms with van der Waals surface area (Å²) in [4.78, 5) is 17.0. The smallest absolute Gasteiger partial charge is 0.240 e. The fourth-order valence-corrected chi connectivity index (χ4v) is 11.3. The van der Waals surface area contributed by atoms with Crippen molar-refractivity contribution in [2.75, 3.05) is 0 Å². The van der Waals surface area contributed by atoms with E-state index in [0.717, 1.165) is 105 Å². The second-order valence-electron chi connectivity index (χ2n) is 18.0. The van der Waals surface area contributed by atoms with Crippen molar-refractivity contribution in [1.82, 2.24) is 33.2 Å². The Morgan fingerprint density at radius 1 is 0.229 bits per heavy atom. The SMILES string of the molecule is c1ccc(-c2ccccc2-c2nc(-n3c4ccccc4c4ccc5c6ccccc6n(-c6ccccc6)c5c43)nc(-n3c4ccccc4c4ccc5c6ccccc6n(-c6ccccc6)c5c43)n2)cc1. The zero-order valence-electron chi connectivity index (χ0n) is 37.6. The van der Waals surface area contributed by atoms with Crippen molar-refractivity contribution < 1.29 is 0 Å². The molecule has 0 aliphatic heterocycles. The molecular weight excluding hydrogens is 855 g/mol. The summed E-state index contributed by atoms with van der Waals surface area (Å²) < 4.78 is 9.38. The second-order valence-corrected chi connectivity index (χ2v) is 18.0. The van der Waals surface area contributed by atoms with Crippen LogP contribution < -0.4 is 0 Å². The number of aromatic nitrogens is 7. The van der Waals surface area contributed by atoms with Crippen molar-refractivity contribution >= 4 is 87.2 Å². The molecule has 0 aliphatic rings. The number of hydrogen-bond donors (Lipinski definition) is 0. The molecule has 0 atom stereocenters. The topological polar surface area (TPSA) is 58.4 Å². The molecule has 326 valence electrons. The van der Waals surface area contributed by atoms with E-state index in [-0.39, 0.29) is 0 Å². The average molecular weight is 894 g/mol. The van der Waals surface area contributed by atoms with Gasteiger partial charge in [0.15, 0.2) is 5.82 Å². The highest BCUT2D eigenvalue weighted by atomic mass is 15.3. The lowest BCUT2D eigenvalue weighted by Gasteiger charge is -2.16. The highest BCUT2D eigenvalue weighted by molar-refractivity contribution is 6.25. The Kier molecular flexibility index (Phi) is 8.23. The minimum atomic E-state index is 0.521. The Morgan fingerprint density at radius 3 is 0.957 bits per heavy atom. The third-order valence-electron chi connectivity index (χ3n) is 14.2. The number of hydrogen-bond acceptors (Lipinski definition) is 3. The zero-order chi connectivity index (χ0) is 45.9. The predicted molar refractivity (Wildman–Crippen MR) is 288 cm³/mol. The van der Waals surface area contributed by atoms with E-state index in [1.165, 1.54) is 10.8 Å². The lowest BCUT2D eigenvalue weighted by atomic mass is 9.99. The standard InChI is InChI=1S/C63H39N7/c1-4-20-40(21-5-1)43-26-10-11-31-52(43)61-64-62(69-55-34-18-14-29-46(55)50-38-36-48-44-27-12-16-32-53(44)67(57(48)59(50)69)41-22-6-2-7-23-41)66-63(65-61)70-56-35-19-15-30-47(56)51-39-37-49-45-28-13-17-33-54(45)68(58(49)60(51)70)42-24-8-3-9-25-42/h1-39H. The maximum atomic E-state index is 5.76. The molecule has 0 aliphatic carbocycles. The summed E-state index contributed by atoms with van der Waals surface area (Å²) >= 11 is 0. The number of benzene rings is 10. The molecular formula is C63H39N7. The van der Waals surface area contributed by atoms with E-state index in [9.17, 15) is 0 Å². The Labute approximate surface area is 401 Å². The Morgan fingerprint density at radius 2 is 0.543 bits per heavy atom. The Balaban J connectivity index is 1.14. The van der Waals surface area contributed by atoms with Gasteiger partial charge in [-0.2, -0.15) is 15.0 Å². The average Bonchev–Trinajstić information content (AvgIpc) is 4.17. The van der Waals surface area contributed by atoms with Crippen LogP contribution in [0.15, 0.2) is 237 Å². The minimum absolute atomic E-state index is 0.521. The van der Waals surface area contributed by atoms with Crippen LogP contribution in [0.25, 0.3) is 133 Å². The van der Waals surface area contributed by atoms with E-state index in [1.54, 1.807) is 0 Å². The molecule has 0 fully saturated rings. The van der Waals surface area contributed by atoms with Crippen LogP contribution in [0.1, 0.15) is 0 Å². The third-order valence-corrected chi connectivity index (χ3v) is 14.2. The molecule has 0 bridgehead atoms. The van der Waals surface area contributed by atoms with Crippen molar-refractivity contribution in [3.05, 3.63) is 237 Å². The van der Waals surface area contributed by atoms with Gasteiger partial charge in [-0.05, 0) is 59.7 Å². The monoisotopic (exact) mass is 893 g/mol. The van der Waals surface area contributed by atoms with E-state index < -0.39 is 0 Å². The molecule has 15 rings (SSSR count). The number of fused-ring (bicyclic) bond motifs is 14. The molecule has 5 heterocycles. The first-order valence-electron chi connectivity index (χ1n) is 23.7. The van der Waals surface area contributed by atoms with Crippen LogP contribution in [-0.4, -0.2) is 33.2 Å². The molecule has 15 aromatic rings. The number of nitrogens with zero attached hydrogens (tertiary/aromatic N) is 7. The van der Waals surface area contributed by atoms with Crippen LogP contribution in [0.3, 0.4) is 0 Å². The van der Waals surface area contributed by atoms with E-state index in [2.05, 4.69) is 255 Å². The lowest BCUT2D eigenvalue weighted by Crippen LogP contribution is -2.11. The normalized spacial score (nSPS) is 12.0. The molecule has 0 unspecified atom stereocenters. The summed E-state index contributed by atoms with van der Waals surface area (Å²) in [5.41, 5.74) is 13.7. The summed E-state index contributed by atoms with van der Waals surface area (Å²) in [6.07, 6.45) is 0.